The number of terminal acetylenes is 1. The van der Waals surface area contributed by atoms with Crippen molar-refractivity contribution in [3.63, 3.8) is 0 Å². The second-order valence-corrected chi connectivity index (χ2v) is 5.18. The van der Waals surface area contributed by atoms with Crippen LogP contribution in [0.2, 0.25) is 0 Å². The molecule has 2 aromatic carbocycles. The SMILES string of the molecule is C#CCOc1ccccc1CNc1cccc(C)c1Br. The number of rotatable bonds is 5. The van der Waals surface area contributed by atoms with Gasteiger partial charge < -0.3 is 10.1 Å². The number of nitrogens with one attached hydrogen (secondary N) is 1. The fraction of sp³-hybridized carbons (Fsp3) is 0.176. The largest absolute Gasteiger partial charge is 0.481 e. The van der Waals surface area contributed by atoms with Crippen LogP contribution in [0.5, 0.6) is 5.75 Å². The van der Waals surface area contributed by atoms with Gasteiger partial charge in [0.1, 0.15) is 12.4 Å². The van der Waals surface area contributed by atoms with Gasteiger partial charge in [0, 0.05) is 22.3 Å². The van der Waals surface area contributed by atoms with Crippen molar-refractivity contribution in [3.05, 3.63) is 58.1 Å². The first-order valence-corrected chi connectivity index (χ1v) is 7.15. The zero-order valence-corrected chi connectivity index (χ0v) is 12.9. The lowest BCUT2D eigenvalue weighted by Crippen LogP contribution is -2.04. The van der Waals surface area contributed by atoms with Gasteiger partial charge in [-0.15, -0.1) is 6.42 Å². The third kappa shape index (κ3) is 3.55. The van der Waals surface area contributed by atoms with Gasteiger partial charge in [-0.25, -0.2) is 0 Å². The lowest BCUT2D eigenvalue weighted by atomic mass is 10.2. The van der Waals surface area contributed by atoms with Crippen molar-refractivity contribution < 1.29 is 4.74 Å². The Hall–Kier alpha value is -1.92. The van der Waals surface area contributed by atoms with Gasteiger partial charge in [-0.1, -0.05) is 36.3 Å². The van der Waals surface area contributed by atoms with Crippen LogP contribution in [0.4, 0.5) is 5.69 Å². The van der Waals surface area contributed by atoms with E-state index in [-0.39, 0.29) is 6.61 Å². The van der Waals surface area contributed by atoms with Crippen LogP contribution in [-0.4, -0.2) is 6.61 Å². The Labute approximate surface area is 128 Å². The van der Waals surface area contributed by atoms with Gasteiger partial charge in [0.15, 0.2) is 0 Å². The normalized spacial score (nSPS) is 9.85. The maximum Gasteiger partial charge on any atom is 0.148 e. The lowest BCUT2D eigenvalue weighted by Gasteiger charge is -2.13. The summed E-state index contributed by atoms with van der Waals surface area (Å²) in [7, 11) is 0. The number of halogens is 1. The van der Waals surface area contributed by atoms with Crippen LogP contribution in [0.1, 0.15) is 11.1 Å². The summed E-state index contributed by atoms with van der Waals surface area (Å²) in [6.45, 7) is 3.03. The smallest absolute Gasteiger partial charge is 0.148 e. The minimum absolute atomic E-state index is 0.283. The van der Waals surface area contributed by atoms with Crippen molar-refractivity contribution >= 4 is 21.6 Å². The molecular weight excluding hydrogens is 314 g/mol. The topological polar surface area (TPSA) is 21.3 Å². The number of para-hydroxylation sites is 1. The summed E-state index contributed by atoms with van der Waals surface area (Å²) in [5, 5.41) is 3.41. The second kappa shape index (κ2) is 7.02. The van der Waals surface area contributed by atoms with E-state index in [9.17, 15) is 0 Å². The molecule has 2 rings (SSSR count). The number of hydrogen-bond donors (Lipinski definition) is 1. The van der Waals surface area contributed by atoms with Gasteiger partial charge in [0.05, 0.1) is 0 Å². The van der Waals surface area contributed by atoms with E-state index in [4.69, 9.17) is 11.2 Å². The highest BCUT2D eigenvalue weighted by molar-refractivity contribution is 9.10. The lowest BCUT2D eigenvalue weighted by molar-refractivity contribution is 0.366. The predicted molar refractivity (Wildman–Crippen MR) is 87.0 cm³/mol. The van der Waals surface area contributed by atoms with Crippen molar-refractivity contribution in [1.29, 1.82) is 0 Å². The Morgan fingerprint density at radius 2 is 2.00 bits per heavy atom. The Bertz CT molecular complexity index is 631. The molecule has 0 aliphatic rings. The van der Waals surface area contributed by atoms with Crippen molar-refractivity contribution in [2.75, 3.05) is 11.9 Å². The van der Waals surface area contributed by atoms with Crippen molar-refractivity contribution in [3.8, 4) is 18.1 Å². The summed E-state index contributed by atoms with van der Waals surface area (Å²) in [4.78, 5) is 0. The summed E-state index contributed by atoms with van der Waals surface area (Å²) >= 11 is 3.59. The van der Waals surface area contributed by atoms with Crippen LogP contribution in [0, 0.1) is 19.3 Å². The molecule has 0 fully saturated rings. The van der Waals surface area contributed by atoms with E-state index in [0.29, 0.717) is 6.54 Å². The van der Waals surface area contributed by atoms with Crippen molar-refractivity contribution in [2.45, 2.75) is 13.5 Å². The molecule has 0 radical (unpaired) electrons. The van der Waals surface area contributed by atoms with Gasteiger partial charge in [0.25, 0.3) is 0 Å². The van der Waals surface area contributed by atoms with Crippen LogP contribution in [-0.2, 0) is 6.54 Å². The van der Waals surface area contributed by atoms with Crippen LogP contribution < -0.4 is 10.1 Å². The number of benzene rings is 2. The second-order valence-electron chi connectivity index (χ2n) is 4.39. The minimum atomic E-state index is 0.283. The molecule has 2 nitrogen and oxygen atoms in total. The summed E-state index contributed by atoms with van der Waals surface area (Å²) in [5.41, 5.74) is 3.35. The molecule has 3 heteroatoms. The zero-order valence-electron chi connectivity index (χ0n) is 11.3. The Morgan fingerprint density at radius 3 is 2.80 bits per heavy atom. The molecule has 0 saturated carbocycles. The molecule has 0 atom stereocenters. The van der Waals surface area contributed by atoms with E-state index in [1.165, 1.54) is 5.56 Å². The number of anilines is 1. The zero-order chi connectivity index (χ0) is 14.4. The highest BCUT2D eigenvalue weighted by Crippen LogP contribution is 2.27. The Kier molecular flexibility index (Phi) is 5.09. The molecule has 0 unspecified atom stereocenters. The molecule has 102 valence electrons. The summed E-state index contributed by atoms with van der Waals surface area (Å²) in [6.07, 6.45) is 5.23. The van der Waals surface area contributed by atoms with Crippen molar-refractivity contribution in [2.24, 2.45) is 0 Å². The van der Waals surface area contributed by atoms with Gasteiger partial charge >= 0.3 is 0 Å². The predicted octanol–water partition coefficient (Wildman–Crippen LogP) is 4.38. The fourth-order valence-corrected chi connectivity index (χ4v) is 2.29. The quantitative estimate of drug-likeness (QED) is 0.822. The summed E-state index contributed by atoms with van der Waals surface area (Å²) in [6, 6.07) is 14.0. The number of hydrogen-bond acceptors (Lipinski definition) is 2. The fourth-order valence-electron chi connectivity index (χ4n) is 1.88. The van der Waals surface area contributed by atoms with E-state index in [1.54, 1.807) is 0 Å². The minimum Gasteiger partial charge on any atom is -0.481 e. The van der Waals surface area contributed by atoms with Crippen molar-refractivity contribution in [1.82, 2.24) is 0 Å². The molecule has 0 saturated heterocycles. The van der Waals surface area contributed by atoms with E-state index in [0.717, 1.165) is 21.5 Å². The third-order valence-corrected chi connectivity index (χ3v) is 4.00. The molecule has 0 spiro atoms. The molecule has 2 aromatic rings. The number of aryl methyl sites for hydroxylation is 1. The number of ether oxygens (including phenoxy) is 1. The molecular formula is C17H16BrNO. The highest BCUT2D eigenvalue weighted by atomic mass is 79.9. The molecule has 0 aliphatic heterocycles. The average Bonchev–Trinajstić information content (AvgIpc) is 2.47. The van der Waals surface area contributed by atoms with Crippen LogP contribution >= 0.6 is 15.9 Å². The summed E-state index contributed by atoms with van der Waals surface area (Å²) < 4.78 is 6.63. The Morgan fingerprint density at radius 1 is 1.20 bits per heavy atom. The standard InChI is InChI=1S/C17H16BrNO/c1-3-11-20-16-10-5-4-8-14(16)12-19-15-9-6-7-13(2)17(15)18/h1,4-10,19H,11-12H2,2H3. The average molecular weight is 330 g/mol. The molecule has 0 amide bonds. The maximum atomic E-state index is 5.54. The first-order valence-electron chi connectivity index (χ1n) is 6.35. The molecule has 0 aromatic heterocycles. The molecule has 0 bridgehead atoms. The van der Waals surface area contributed by atoms with Crippen LogP contribution in [0.3, 0.4) is 0 Å². The monoisotopic (exact) mass is 329 g/mol. The van der Waals surface area contributed by atoms with Gasteiger partial charge in [-0.2, -0.15) is 0 Å². The van der Waals surface area contributed by atoms with Gasteiger partial charge in [-0.05, 0) is 40.5 Å². The summed E-state index contributed by atoms with van der Waals surface area (Å²) in [5.74, 6) is 3.30. The molecule has 0 aliphatic carbocycles. The Balaban J connectivity index is 2.11. The molecule has 0 heterocycles. The van der Waals surface area contributed by atoms with E-state index in [1.807, 2.05) is 36.4 Å². The van der Waals surface area contributed by atoms with Crippen LogP contribution in [0.15, 0.2) is 46.9 Å². The first kappa shape index (κ1) is 14.5. The van der Waals surface area contributed by atoms with Gasteiger partial charge in [-0.3, -0.25) is 0 Å². The van der Waals surface area contributed by atoms with Crippen LogP contribution in [0.25, 0.3) is 0 Å². The van der Waals surface area contributed by atoms with E-state index >= 15 is 0 Å². The maximum absolute atomic E-state index is 5.54. The van der Waals surface area contributed by atoms with E-state index in [2.05, 4.69) is 40.2 Å². The third-order valence-electron chi connectivity index (χ3n) is 2.94. The molecule has 1 N–H and O–H groups in total. The van der Waals surface area contributed by atoms with Gasteiger partial charge in [0.2, 0.25) is 0 Å². The first-order chi connectivity index (χ1) is 9.72. The van der Waals surface area contributed by atoms with E-state index < -0.39 is 0 Å². The highest BCUT2D eigenvalue weighted by Gasteiger charge is 2.05. The molecule has 20 heavy (non-hydrogen) atoms.